The number of rotatable bonds is 5. The zero-order chi connectivity index (χ0) is 19.6. The van der Waals surface area contributed by atoms with Crippen molar-refractivity contribution in [1.29, 1.82) is 0 Å². The van der Waals surface area contributed by atoms with Crippen LogP contribution in [-0.2, 0) is 16.5 Å². The van der Waals surface area contributed by atoms with E-state index < -0.39 is 10.7 Å². The average molecular weight is 385 g/mol. The van der Waals surface area contributed by atoms with Crippen molar-refractivity contribution in [3.8, 4) is 22.6 Å². The van der Waals surface area contributed by atoms with Crippen LogP contribution >= 0.6 is 0 Å². The van der Waals surface area contributed by atoms with E-state index in [2.05, 4.69) is 15.1 Å². The highest BCUT2D eigenvalue weighted by molar-refractivity contribution is 7.71. The first kappa shape index (κ1) is 18.7. The number of nitrogen functional groups attached to an aromatic ring is 1. The number of nitrogens with two attached hydrogens (primary N) is 1. The Hall–Kier alpha value is -3.07. The molecule has 8 nitrogen and oxygen atoms in total. The van der Waals surface area contributed by atoms with Crippen LogP contribution in [0.4, 0.5) is 5.82 Å². The lowest BCUT2D eigenvalue weighted by atomic mass is 10.1. The van der Waals surface area contributed by atoms with Crippen LogP contribution in [0.15, 0.2) is 47.3 Å². The molecule has 0 bridgehead atoms. The topological polar surface area (TPSA) is 121 Å². The van der Waals surface area contributed by atoms with Crippen LogP contribution in [0.5, 0.6) is 0 Å². The van der Waals surface area contributed by atoms with Crippen LogP contribution in [0.3, 0.4) is 0 Å². The Kier molecular flexibility index (Phi) is 5.31. The van der Waals surface area contributed by atoms with Crippen molar-refractivity contribution < 1.29 is 8.42 Å². The third-order valence-corrected chi connectivity index (χ3v) is 4.44. The normalized spacial score (nSPS) is 11.3. The van der Waals surface area contributed by atoms with E-state index >= 15 is 0 Å². The molecule has 0 saturated heterocycles. The summed E-state index contributed by atoms with van der Waals surface area (Å²) in [4.78, 5) is 20.9. The smallest absolute Gasteiger partial charge is 0.267 e. The molecule has 0 spiro atoms. The zero-order valence-electron chi connectivity index (χ0n) is 14.9. The number of hydrogen-bond acceptors (Lipinski definition) is 7. The quantitative estimate of drug-likeness (QED) is 0.640. The summed E-state index contributed by atoms with van der Waals surface area (Å²) in [7, 11) is -2.72. The Bertz CT molecular complexity index is 1100. The standard InChI is InChI=1S/C18H19N5O3S/c1-11(2)23-15(24)9-8-13(22-23)17-16(12-6-4-3-5-7-12)21-18(19)14(20-17)10-27(25)26/h3-9,11,27H,10H2,1-2H3,(H2,19,21). The molecule has 2 heterocycles. The van der Waals surface area contributed by atoms with Gasteiger partial charge in [-0.05, 0) is 19.9 Å². The van der Waals surface area contributed by atoms with Gasteiger partial charge in [0, 0.05) is 11.6 Å². The fraction of sp³-hybridized carbons (Fsp3) is 0.222. The number of hydrogen-bond donors (Lipinski definition) is 2. The van der Waals surface area contributed by atoms with Gasteiger partial charge in [0.05, 0.1) is 17.5 Å². The summed E-state index contributed by atoms with van der Waals surface area (Å²) in [6, 6.07) is 12.1. The number of nitrogens with zero attached hydrogens (tertiary/aromatic N) is 4. The summed E-state index contributed by atoms with van der Waals surface area (Å²) in [5.41, 5.74) is 7.88. The zero-order valence-corrected chi connectivity index (χ0v) is 15.8. The molecule has 0 aliphatic heterocycles. The molecular formula is C18H19N5O3S. The molecule has 0 saturated carbocycles. The highest BCUT2D eigenvalue weighted by atomic mass is 32.2. The Labute approximate surface area is 157 Å². The van der Waals surface area contributed by atoms with E-state index in [0.717, 1.165) is 5.56 Å². The summed E-state index contributed by atoms with van der Waals surface area (Å²) in [6.07, 6.45) is 0. The minimum atomic E-state index is -2.72. The Balaban J connectivity index is 2.29. The predicted octanol–water partition coefficient (Wildman–Crippen LogP) is 1.64. The molecule has 1 aromatic carbocycles. The van der Waals surface area contributed by atoms with Crippen LogP contribution in [0.2, 0.25) is 0 Å². The third-order valence-electron chi connectivity index (χ3n) is 3.88. The molecule has 3 aromatic rings. The van der Waals surface area contributed by atoms with Crippen molar-refractivity contribution >= 4 is 16.5 Å². The van der Waals surface area contributed by atoms with Gasteiger partial charge < -0.3 is 5.73 Å². The largest absolute Gasteiger partial charge is 0.382 e. The molecule has 27 heavy (non-hydrogen) atoms. The first-order chi connectivity index (χ1) is 12.9. The van der Waals surface area contributed by atoms with Crippen molar-refractivity contribution in [1.82, 2.24) is 19.7 Å². The first-order valence-corrected chi connectivity index (χ1v) is 9.67. The second-order valence-corrected chi connectivity index (χ2v) is 7.19. The second-order valence-electron chi connectivity index (χ2n) is 6.20. The molecule has 0 fully saturated rings. The fourth-order valence-corrected chi connectivity index (χ4v) is 3.10. The van der Waals surface area contributed by atoms with E-state index in [1.54, 1.807) is 6.07 Å². The molecule has 0 unspecified atom stereocenters. The number of aromatic nitrogens is 4. The molecule has 0 amide bonds. The van der Waals surface area contributed by atoms with E-state index in [-0.39, 0.29) is 28.9 Å². The van der Waals surface area contributed by atoms with E-state index in [4.69, 9.17) is 5.73 Å². The van der Waals surface area contributed by atoms with Gasteiger partial charge in [-0.3, -0.25) is 4.79 Å². The van der Waals surface area contributed by atoms with Crippen molar-refractivity contribution in [2.75, 3.05) is 5.73 Å². The van der Waals surface area contributed by atoms with Gasteiger partial charge in [-0.15, -0.1) is 0 Å². The van der Waals surface area contributed by atoms with Crippen LogP contribution in [0.25, 0.3) is 22.6 Å². The molecule has 0 atom stereocenters. The van der Waals surface area contributed by atoms with E-state index in [9.17, 15) is 13.2 Å². The van der Waals surface area contributed by atoms with Crippen LogP contribution in [0.1, 0.15) is 25.6 Å². The molecule has 3 rings (SSSR count). The van der Waals surface area contributed by atoms with Gasteiger partial charge in [0.2, 0.25) is 0 Å². The lowest BCUT2D eigenvalue weighted by Gasteiger charge is -2.14. The minimum absolute atomic E-state index is 0.0500. The van der Waals surface area contributed by atoms with Crippen molar-refractivity contribution in [2.45, 2.75) is 25.6 Å². The van der Waals surface area contributed by atoms with Crippen molar-refractivity contribution in [3.63, 3.8) is 0 Å². The van der Waals surface area contributed by atoms with Crippen LogP contribution in [0, 0.1) is 0 Å². The summed E-state index contributed by atoms with van der Waals surface area (Å²) in [5.74, 6) is -0.269. The number of thiol groups is 1. The molecular weight excluding hydrogens is 366 g/mol. The third kappa shape index (κ3) is 4.03. The summed E-state index contributed by atoms with van der Waals surface area (Å²) in [5, 5.41) is 4.39. The lowest BCUT2D eigenvalue weighted by Crippen LogP contribution is -2.24. The highest BCUT2D eigenvalue weighted by Crippen LogP contribution is 2.29. The van der Waals surface area contributed by atoms with E-state index in [0.29, 0.717) is 17.1 Å². The van der Waals surface area contributed by atoms with Gasteiger partial charge in [0.25, 0.3) is 5.56 Å². The number of benzene rings is 1. The first-order valence-electron chi connectivity index (χ1n) is 8.30. The molecule has 140 valence electrons. The van der Waals surface area contributed by atoms with Gasteiger partial charge in [0.15, 0.2) is 0 Å². The van der Waals surface area contributed by atoms with Crippen LogP contribution in [-0.4, -0.2) is 28.2 Å². The number of anilines is 1. The molecule has 0 aliphatic carbocycles. The second kappa shape index (κ2) is 7.67. The van der Waals surface area contributed by atoms with Crippen molar-refractivity contribution in [2.24, 2.45) is 0 Å². The average Bonchev–Trinajstić information content (AvgIpc) is 2.64. The molecule has 2 N–H and O–H groups in total. The maximum absolute atomic E-state index is 12.0. The maximum atomic E-state index is 12.0. The Morgan fingerprint density at radius 3 is 2.37 bits per heavy atom. The van der Waals surface area contributed by atoms with Crippen LogP contribution < -0.4 is 11.3 Å². The van der Waals surface area contributed by atoms with Gasteiger partial charge in [-0.1, -0.05) is 30.3 Å². The molecule has 0 aliphatic rings. The lowest BCUT2D eigenvalue weighted by molar-refractivity contribution is 0.504. The predicted molar refractivity (Wildman–Crippen MR) is 104 cm³/mol. The van der Waals surface area contributed by atoms with Gasteiger partial charge in [-0.2, -0.15) is 5.10 Å². The Morgan fingerprint density at radius 1 is 1.04 bits per heavy atom. The Morgan fingerprint density at radius 2 is 1.74 bits per heavy atom. The maximum Gasteiger partial charge on any atom is 0.267 e. The molecule has 2 aromatic heterocycles. The summed E-state index contributed by atoms with van der Waals surface area (Å²) < 4.78 is 23.7. The summed E-state index contributed by atoms with van der Waals surface area (Å²) in [6.45, 7) is 3.69. The van der Waals surface area contributed by atoms with Gasteiger partial charge >= 0.3 is 0 Å². The van der Waals surface area contributed by atoms with E-state index in [1.165, 1.54) is 10.7 Å². The molecule has 0 radical (unpaired) electrons. The van der Waals surface area contributed by atoms with Crippen molar-refractivity contribution in [3.05, 3.63) is 58.5 Å². The summed E-state index contributed by atoms with van der Waals surface area (Å²) >= 11 is 0. The van der Waals surface area contributed by atoms with E-state index in [1.807, 2.05) is 44.2 Å². The van der Waals surface area contributed by atoms with Gasteiger partial charge in [-0.25, -0.2) is 23.1 Å². The highest BCUT2D eigenvalue weighted by Gasteiger charge is 2.18. The fourth-order valence-electron chi connectivity index (χ4n) is 2.62. The monoisotopic (exact) mass is 385 g/mol. The minimum Gasteiger partial charge on any atom is -0.382 e. The SMILES string of the molecule is CC(C)n1nc(-c2nc(C[SH](=O)=O)c(N)nc2-c2ccccc2)ccc1=O. The molecule has 9 heteroatoms. The van der Waals surface area contributed by atoms with Gasteiger partial charge in [0.1, 0.15) is 33.6 Å².